The van der Waals surface area contributed by atoms with Crippen LogP contribution in [0.3, 0.4) is 0 Å². The van der Waals surface area contributed by atoms with Crippen molar-refractivity contribution < 1.29 is 14.0 Å². The molecule has 1 saturated heterocycles. The molecule has 1 rings (SSSR count). The molecule has 7 heteroatoms. The van der Waals surface area contributed by atoms with E-state index in [1.165, 1.54) is 4.90 Å². The molecule has 0 aliphatic carbocycles. The van der Waals surface area contributed by atoms with Crippen LogP contribution >= 0.6 is 0 Å². The van der Waals surface area contributed by atoms with Crippen LogP contribution in [0.15, 0.2) is 0 Å². The number of carbonyl (C=O) groups excluding carboxylic acids is 2. The summed E-state index contributed by atoms with van der Waals surface area (Å²) >= 11 is 0. The van der Waals surface area contributed by atoms with Crippen LogP contribution in [0.25, 0.3) is 0 Å². The standard InChI is InChI=1S/C15H25FN4O2/c1-15(2,6-13(21)10-19(3)4)18-8-14(22)20-9-11(16)5-12(20)7-17/h11-12,18H,5-6,8-10H2,1-4H3/t11-,12-/m0/s1. The van der Waals surface area contributed by atoms with Gasteiger partial charge < -0.3 is 15.1 Å². The van der Waals surface area contributed by atoms with Crippen LogP contribution in [0.4, 0.5) is 4.39 Å². The van der Waals surface area contributed by atoms with Gasteiger partial charge in [0.2, 0.25) is 5.91 Å². The Kier molecular flexibility index (Phi) is 6.45. The third-order valence-corrected chi connectivity index (χ3v) is 3.57. The number of likely N-dealkylation sites (N-methyl/N-ethyl adjacent to an activating group) is 1. The minimum absolute atomic E-state index is 0.00680. The van der Waals surface area contributed by atoms with Gasteiger partial charge in [-0.25, -0.2) is 4.39 Å². The minimum atomic E-state index is -1.14. The lowest BCUT2D eigenvalue weighted by Gasteiger charge is -2.28. The Labute approximate surface area is 131 Å². The highest BCUT2D eigenvalue weighted by Crippen LogP contribution is 2.20. The molecule has 2 atom stereocenters. The molecule has 0 radical (unpaired) electrons. The van der Waals surface area contributed by atoms with Gasteiger partial charge in [-0.1, -0.05) is 0 Å². The topological polar surface area (TPSA) is 76.4 Å². The zero-order chi connectivity index (χ0) is 16.9. The van der Waals surface area contributed by atoms with E-state index in [0.717, 1.165) is 0 Å². The van der Waals surface area contributed by atoms with E-state index in [9.17, 15) is 14.0 Å². The van der Waals surface area contributed by atoms with Crippen molar-refractivity contribution >= 4 is 11.7 Å². The van der Waals surface area contributed by atoms with Crippen molar-refractivity contribution in [3.63, 3.8) is 0 Å². The molecule has 1 amide bonds. The number of hydrogen-bond donors (Lipinski definition) is 1. The zero-order valence-electron chi connectivity index (χ0n) is 13.7. The van der Waals surface area contributed by atoms with Crippen molar-refractivity contribution in [3.8, 4) is 6.07 Å². The van der Waals surface area contributed by atoms with Crippen LogP contribution in [0, 0.1) is 11.3 Å². The maximum absolute atomic E-state index is 13.3. The smallest absolute Gasteiger partial charge is 0.237 e. The van der Waals surface area contributed by atoms with Crippen LogP contribution in [0.1, 0.15) is 26.7 Å². The fourth-order valence-electron chi connectivity index (χ4n) is 2.56. The fourth-order valence-corrected chi connectivity index (χ4v) is 2.56. The first kappa shape index (κ1) is 18.5. The molecule has 22 heavy (non-hydrogen) atoms. The Morgan fingerprint density at radius 1 is 1.45 bits per heavy atom. The molecular weight excluding hydrogens is 287 g/mol. The average Bonchev–Trinajstić information content (AvgIpc) is 2.75. The number of rotatable bonds is 7. The highest BCUT2D eigenvalue weighted by molar-refractivity contribution is 5.82. The molecule has 6 nitrogen and oxygen atoms in total. The van der Waals surface area contributed by atoms with Crippen molar-refractivity contribution in [2.24, 2.45) is 0 Å². The molecule has 0 bridgehead atoms. The summed E-state index contributed by atoms with van der Waals surface area (Å²) in [5.41, 5.74) is -0.528. The number of amides is 1. The molecule has 0 saturated carbocycles. The number of likely N-dealkylation sites (tertiary alicyclic amines) is 1. The summed E-state index contributed by atoms with van der Waals surface area (Å²) in [5, 5.41) is 12.0. The van der Waals surface area contributed by atoms with E-state index in [1.807, 2.05) is 34.0 Å². The largest absolute Gasteiger partial charge is 0.323 e. The lowest BCUT2D eigenvalue weighted by molar-refractivity contribution is -0.131. The molecule has 0 unspecified atom stereocenters. The second-order valence-electron chi connectivity index (χ2n) is 6.71. The summed E-state index contributed by atoms with van der Waals surface area (Å²) in [5.74, 6) is -0.227. The monoisotopic (exact) mass is 312 g/mol. The van der Waals surface area contributed by atoms with Crippen molar-refractivity contribution in [1.82, 2.24) is 15.1 Å². The van der Waals surface area contributed by atoms with Crippen LogP contribution < -0.4 is 5.32 Å². The molecule has 124 valence electrons. The number of nitriles is 1. The van der Waals surface area contributed by atoms with E-state index in [4.69, 9.17) is 5.26 Å². The highest BCUT2D eigenvalue weighted by Gasteiger charge is 2.35. The maximum Gasteiger partial charge on any atom is 0.237 e. The molecule has 0 aromatic carbocycles. The van der Waals surface area contributed by atoms with Gasteiger partial charge in [-0.3, -0.25) is 9.59 Å². The van der Waals surface area contributed by atoms with Gasteiger partial charge in [0.15, 0.2) is 0 Å². The second-order valence-corrected chi connectivity index (χ2v) is 6.71. The summed E-state index contributed by atoms with van der Waals surface area (Å²) in [6.45, 7) is 4.01. The third kappa shape index (κ3) is 5.70. The van der Waals surface area contributed by atoms with Gasteiger partial charge >= 0.3 is 0 Å². The van der Waals surface area contributed by atoms with E-state index in [2.05, 4.69) is 5.32 Å². The van der Waals surface area contributed by atoms with E-state index in [-0.39, 0.29) is 31.2 Å². The Hall–Kier alpha value is -1.52. The van der Waals surface area contributed by atoms with Gasteiger partial charge in [0.1, 0.15) is 18.0 Å². The lowest BCUT2D eigenvalue weighted by Crippen LogP contribution is -2.49. The van der Waals surface area contributed by atoms with E-state index in [1.54, 1.807) is 4.90 Å². The number of ketones is 1. The van der Waals surface area contributed by atoms with Crippen molar-refractivity contribution in [2.75, 3.05) is 33.7 Å². The van der Waals surface area contributed by atoms with Gasteiger partial charge in [0, 0.05) is 18.4 Å². The molecule has 0 spiro atoms. The van der Waals surface area contributed by atoms with Crippen LogP contribution in [0.5, 0.6) is 0 Å². The third-order valence-electron chi connectivity index (χ3n) is 3.57. The normalized spacial score (nSPS) is 22.0. The van der Waals surface area contributed by atoms with E-state index in [0.29, 0.717) is 13.0 Å². The van der Waals surface area contributed by atoms with E-state index < -0.39 is 17.8 Å². The Morgan fingerprint density at radius 2 is 2.09 bits per heavy atom. The number of carbonyl (C=O) groups is 2. The fraction of sp³-hybridized carbons (Fsp3) is 0.800. The minimum Gasteiger partial charge on any atom is -0.323 e. The number of nitrogens with one attached hydrogen (secondary N) is 1. The molecule has 1 N–H and O–H groups in total. The molecule has 1 aliphatic rings. The Bertz CT molecular complexity index is 459. The van der Waals surface area contributed by atoms with Crippen LogP contribution in [-0.4, -0.2) is 73.0 Å². The predicted octanol–water partition coefficient (Wildman–Crippen LogP) is 0.338. The summed E-state index contributed by atoms with van der Waals surface area (Å²) in [6, 6.07) is 1.26. The highest BCUT2D eigenvalue weighted by atomic mass is 19.1. The Morgan fingerprint density at radius 3 is 2.64 bits per heavy atom. The second kappa shape index (κ2) is 7.65. The number of halogens is 1. The molecule has 1 aliphatic heterocycles. The number of alkyl halides is 1. The predicted molar refractivity (Wildman–Crippen MR) is 80.9 cm³/mol. The summed E-state index contributed by atoms with van der Waals surface area (Å²) in [7, 11) is 3.65. The van der Waals surface area contributed by atoms with E-state index >= 15 is 0 Å². The van der Waals surface area contributed by atoms with Gasteiger partial charge in [-0.15, -0.1) is 0 Å². The van der Waals surface area contributed by atoms with Crippen molar-refractivity contribution in [3.05, 3.63) is 0 Å². The van der Waals surface area contributed by atoms with Gasteiger partial charge in [0.25, 0.3) is 0 Å². The first-order valence-corrected chi connectivity index (χ1v) is 7.39. The van der Waals surface area contributed by atoms with Crippen LogP contribution in [0.2, 0.25) is 0 Å². The molecule has 0 aromatic heterocycles. The van der Waals surface area contributed by atoms with Gasteiger partial charge in [0.05, 0.1) is 25.7 Å². The zero-order valence-corrected chi connectivity index (χ0v) is 13.7. The summed E-state index contributed by atoms with van der Waals surface area (Å²) in [4.78, 5) is 27.0. The molecule has 1 heterocycles. The first-order valence-electron chi connectivity index (χ1n) is 7.39. The summed E-state index contributed by atoms with van der Waals surface area (Å²) < 4.78 is 13.3. The summed E-state index contributed by atoms with van der Waals surface area (Å²) in [6.07, 6.45) is -0.762. The maximum atomic E-state index is 13.3. The number of hydrogen-bond acceptors (Lipinski definition) is 5. The lowest BCUT2D eigenvalue weighted by atomic mass is 9.97. The van der Waals surface area contributed by atoms with Gasteiger partial charge in [-0.2, -0.15) is 5.26 Å². The first-order chi connectivity index (χ1) is 10.1. The molecule has 1 fully saturated rings. The Balaban J connectivity index is 2.48. The van der Waals surface area contributed by atoms with Crippen molar-refractivity contribution in [2.45, 2.75) is 44.4 Å². The van der Waals surface area contributed by atoms with Crippen LogP contribution in [-0.2, 0) is 9.59 Å². The quantitative estimate of drug-likeness (QED) is 0.733. The van der Waals surface area contributed by atoms with Gasteiger partial charge in [-0.05, 0) is 27.9 Å². The molecule has 0 aromatic rings. The molecular formula is C15H25FN4O2. The number of nitrogens with zero attached hydrogens (tertiary/aromatic N) is 3. The SMILES string of the molecule is CN(C)CC(=O)CC(C)(C)NCC(=O)N1C[C@@H](F)C[C@H]1C#N. The number of Topliss-reactive ketones (excluding diaryl/α,β-unsaturated/α-hetero) is 1. The average molecular weight is 312 g/mol. The van der Waals surface area contributed by atoms with Crippen molar-refractivity contribution in [1.29, 1.82) is 5.26 Å².